The molecule has 0 aliphatic carbocycles. The molecular weight excluding hydrogens is 336 g/mol. The SMILES string of the molecule is CCNC(=NCC(OC)C(C)(C)C)NC1CCN(Cc2ccccc2)CC1. The molecule has 1 aliphatic rings. The molecule has 5 heteroatoms. The van der Waals surface area contributed by atoms with E-state index in [0.29, 0.717) is 12.6 Å². The van der Waals surface area contributed by atoms with E-state index in [1.54, 1.807) is 7.11 Å². The summed E-state index contributed by atoms with van der Waals surface area (Å²) in [6, 6.07) is 11.2. The second-order valence-corrected chi connectivity index (χ2v) is 8.49. The molecule has 1 saturated heterocycles. The fraction of sp³-hybridized carbons (Fsp3) is 0.682. The van der Waals surface area contributed by atoms with E-state index < -0.39 is 0 Å². The number of nitrogens with one attached hydrogen (secondary N) is 2. The molecule has 1 heterocycles. The molecule has 1 aromatic carbocycles. The number of hydrogen-bond acceptors (Lipinski definition) is 3. The van der Waals surface area contributed by atoms with Crippen molar-refractivity contribution in [1.29, 1.82) is 0 Å². The standard InChI is InChI=1S/C22H38N4O/c1-6-23-21(24-16-20(27-5)22(2,3)4)25-19-12-14-26(15-13-19)17-18-10-8-7-9-11-18/h7-11,19-20H,6,12-17H2,1-5H3,(H2,23,24,25). The van der Waals surface area contributed by atoms with Gasteiger partial charge in [-0.05, 0) is 30.7 Å². The van der Waals surface area contributed by atoms with E-state index in [2.05, 4.69) is 73.6 Å². The van der Waals surface area contributed by atoms with Crippen LogP contribution in [0.4, 0.5) is 0 Å². The van der Waals surface area contributed by atoms with Crippen LogP contribution in [-0.4, -0.2) is 56.3 Å². The maximum absolute atomic E-state index is 5.63. The molecule has 5 nitrogen and oxygen atoms in total. The molecule has 1 atom stereocenters. The smallest absolute Gasteiger partial charge is 0.191 e. The Labute approximate surface area is 165 Å². The summed E-state index contributed by atoms with van der Waals surface area (Å²) in [7, 11) is 1.77. The van der Waals surface area contributed by atoms with Crippen LogP contribution in [0.1, 0.15) is 46.1 Å². The lowest BCUT2D eigenvalue weighted by molar-refractivity contribution is 0.0241. The maximum Gasteiger partial charge on any atom is 0.191 e. The molecule has 152 valence electrons. The number of rotatable bonds is 7. The average molecular weight is 375 g/mol. The number of piperidine rings is 1. The molecule has 2 N–H and O–H groups in total. The van der Waals surface area contributed by atoms with Crippen LogP contribution in [0.5, 0.6) is 0 Å². The molecular formula is C22H38N4O. The van der Waals surface area contributed by atoms with Gasteiger partial charge in [-0.15, -0.1) is 0 Å². The van der Waals surface area contributed by atoms with Crippen LogP contribution >= 0.6 is 0 Å². The lowest BCUT2D eigenvalue weighted by Crippen LogP contribution is -2.49. The highest BCUT2D eigenvalue weighted by atomic mass is 16.5. The minimum Gasteiger partial charge on any atom is -0.379 e. The quantitative estimate of drug-likeness (QED) is 0.568. The van der Waals surface area contributed by atoms with Gasteiger partial charge in [0.05, 0.1) is 12.6 Å². The minimum atomic E-state index is 0.0817. The summed E-state index contributed by atoms with van der Waals surface area (Å²) in [6.07, 6.45) is 2.40. The van der Waals surface area contributed by atoms with Crippen molar-refractivity contribution in [2.24, 2.45) is 10.4 Å². The van der Waals surface area contributed by atoms with Crippen LogP contribution in [0.2, 0.25) is 0 Å². The first-order valence-corrected chi connectivity index (χ1v) is 10.3. The number of aliphatic imine (C=N–C) groups is 1. The van der Waals surface area contributed by atoms with E-state index in [0.717, 1.165) is 45.0 Å². The highest BCUT2D eigenvalue weighted by Crippen LogP contribution is 2.22. The summed E-state index contributed by atoms with van der Waals surface area (Å²) >= 11 is 0. The number of nitrogens with zero attached hydrogens (tertiary/aromatic N) is 2. The summed E-state index contributed by atoms with van der Waals surface area (Å²) < 4.78 is 5.63. The Morgan fingerprint density at radius 2 is 1.89 bits per heavy atom. The van der Waals surface area contributed by atoms with Crippen LogP contribution < -0.4 is 10.6 Å². The van der Waals surface area contributed by atoms with Crippen molar-refractivity contribution in [1.82, 2.24) is 15.5 Å². The van der Waals surface area contributed by atoms with Crippen LogP contribution in [0.3, 0.4) is 0 Å². The first-order chi connectivity index (χ1) is 12.9. The van der Waals surface area contributed by atoms with Gasteiger partial charge in [0, 0.05) is 39.3 Å². The number of guanidine groups is 1. The summed E-state index contributed by atoms with van der Waals surface area (Å²) in [5.74, 6) is 0.908. The monoisotopic (exact) mass is 374 g/mol. The lowest BCUT2D eigenvalue weighted by atomic mass is 9.89. The highest BCUT2D eigenvalue weighted by molar-refractivity contribution is 5.80. The van der Waals surface area contributed by atoms with E-state index in [4.69, 9.17) is 9.73 Å². The van der Waals surface area contributed by atoms with Gasteiger partial charge < -0.3 is 15.4 Å². The summed E-state index contributed by atoms with van der Waals surface area (Å²) in [6.45, 7) is 13.5. The second-order valence-electron chi connectivity index (χ2n) is 8.49. The molecule has 0 bridgehead atoms. The topological polar surface area (TPSA) is 48.9 Å². The zero-order valence-electron chi connectivity index (χ0n) is 17.8. The summed E-state index contributed by atoms with van der Waals surface area (Å²) in [5.41, 5.74) is 1.48. The van der Waals surface area contributed by atoms with Gasteiger partial charge in [0.25, 0.3) is 0 Å². The molecule has 1 aromatic rings. The van der Waals surface area contributed by atoms with Gasteiger partial charge in [-0.25, -0.2) is 0 Å². The zero-order valence-corrected chi connectivity index (χ0v) is 17.8. The van der Waals surface area contributed by atoms with Crippen molar-refractivity contribution in [3.63, 3.8) is 0 Å². The Bertz CT molecular complexity index is 559. The molecule has 2 rings (SSSR count). The normalized spacial score (nSPS) is 18.3. The number of methoxy groups -OCH3 is 1. The molecule has 0 spiro atoms. The van der Waals surface area contributed by atoms with Crippen molar-refractivity contribution >= 4 is 5.96 Å². The van der Waals surface area contributed by atoms with Crippen LogP contribution in [0, 0.1) is 5.41 Å². The minimum absolute atomic E-state index is 0.0817. The van der Waals surface area contributed by atoms with Crippen molar-refractivity contribution in [3.05, 3.63) is 35.9 Å². The highest BCUT2D eigenvalue weighted by Gasteiger charge is 2.25. The van der Waals surface area contributed by atoms with Crippen LogP contribution in [0.15, 0.2) is 35.3 Å². The van der Waals surface area contributed by atoms with Crippen LogP contribution in [0.25, 0.3) is 0 Å². The van der Waals surface area contributed by atoms with Crippen molar-refractivity contribution in [3.8, 4) is 0 Å². The molecule has 0 amide bonds. The fourth-order valence-electron chi connectivity index (χ4n) is 3.47. The first-order valence-electron chi connectivity index (χ1n) is 10.3. The third kappa shape index (κ3) is 7.51. The Balaban J connectivity index is 1.83. The van der Waals surface area contributed by atoms with E-state index in [1.807, 2.05) is 0 Å². The molecule has 0 saturated carbocycles. The van der Waals surface area contributed by atoms with Crippen molar-refractivity contribution in [2.75, 3.05) is 33.3 Å². The Morgan fingerprint density at radius 1 is 1.22 bits per heavy atom. The van der Waals surface area contributed by atoms with Gasteiger partial charge in [-0.2, -0.15) is 0 Å². The van der Waals surface area contributed by atoms with Crippen LogP contribution in [-0.2, 0) is 11.3 Å². The van der Waals surface area contributed by atoms with Crippen molar-refractivity contribution < 1.29 is 4.74 Å². The van der Waals surface area contributed by atoms with Gasteiger partial charge in [0.1, 0.15) is 0 Å². The number of likely N-dealkylation sites (tertiary alicyclic amines) is 1. The predicted octanol–water partition coefficient (Wildman–Crippen LogP) is 3.27. The third-order valence-electron chi connectivity index (χ3n) is 5.19. The predicted molar refractivity (Wildman–Crippen MR) is 114 cm³/mol. The Kier molecular flexibility index (Phi) is 8.58. The average Bonchev–Trinajstić information content (AvgIpc) is 2.63. The number of ether oxygens (including phenoxy) is 1. The molecule has 1 fully saturated rings. The molecule has 0 radical (unpaired) electrons. The Morgan fingerprint density at radius 3 is 2.44 bits per heavy atom. The lowest BCUT2D eigenvalue weighted by Gasteiger charge is -2.33. The van der Waals surface area contributed by atoms with E-state index in [9.17, 15) is 0 Å². The number of benzene rings is 1. The Hall–Kier alpha value is -1.59. The van der Waals surface area contributed by atoms with Gasteiger partial charge in [-0.3, -0.25) is 9.89 Å². The van der Waals surface area contributed by atoms with Gasteiger partial charge in [-0.1, -0.05) is 51.1 Å². The second kappa shape index (κ2) is 10.7. The maximum atomic E-state index is 5.63. The molecule has 0 aromatic heterocycles. The molecule has 1 unspecified atom stereocenters. The molecule has 1 aliphatic heterocycles. The summed E-state index contributed by atoms with van der Waals surface area (Å²) in [5, 5.41) is 7.01. The fourth-order valence-corrected chi connectivity index (χ4v) is 3.47. The first kappa shape index (κ1) is 21.7. The van der Waals surface area contributed by atoms with E-state index in [1.165, 1.54) is 5.56 Å². The third-order valence-corrected chi connectivity index (χ3v) is 5.19. The van der Waals surface area contributed by atoms with Gasteiger partial charge >= 0.3 is 0 Å². The van der Waals surface area contributed by atoms with E-state index >= 15 is 0 Å². The largest absolute Gasteiger partial charge is 0.379 e. The van der Waals surface area contributed by atoms with Gasteiger partial charge in [0.2, 0.25) is 0 Å². The van der Waals surface area contributed by atoms with E-state index in [-0.39, 0.29) is 11.5 Å². The van der Waals surface area contributed by atoms with Gasteiger partial charge in [0.15, 0.2) is 5.96 Å². The zero-order chi connectivity index (χ0) is 19.7. The summed E-state index contributed by atoms with van der Waals surface area (Å²) in [4.78, 5) is 7.33. The molecule has 27 heavy (non-hydrogen) atoms. The number of hydrogen-bond donors (Lipinski definition) is 2. The van der Waals surface area contributed by atoms with Crippen molar-refractivity contribution in [2.45, 2.75) is 59.2 Å².